The molecule has 0 saturated carbocycles. The topological polar surface area (TPSA) is 47.4 Å². The monoisotopic (exact) mass is 337 g/mol. The lowest BCUT2D eigenvalue weighted by Gasteiger charge is -2.35. The quantitative estimate of drug-likeness (QED) is 0.862. The van der Waals surface area contributed by atoms with Gasteiger partial charge in [-0.3, -0.25) is 4.79 Å². The summed E-state index contributed by atoms with van der Waals surface area (Å²) in [6, 6.07) is 4.90. The standard InChI is InChI=1S/C17H21F2N3O2/c1-11-9-21(10-12(2)24-11)15(23)5-7-22-14(16(18)19)8-13-4-3-6-20-17(13)22/h3-4,6,8,11-12,16H,5,7,9-10H2,1-2H3. The number of rotatable bonds is 4. The highest BCUT2D eigenvalue weighted by Gasteiger charge is 2.26. The van der Waals surface area contributed by atoms with Crippen molar-refractivity contribution in [2.24, 2.45) is 0 Å². The van der Waals surface area contributed by atoms with Gasteiger partial charge in [0.2, 0.25) is 5.91 Å². The number of pyridine rings is 1. The van der Waals surface area contributed by atoms with Crippen molar-refractivity contribution >= 4 is 16.9 Å². The fraction of sp³-hybridized carbons (Fsp3) is 0.529. The number of amides is 1. The first-order valence-corrected chi connectivity index (χ1v) is 8.11. The van der Waals surface area contributed by atoms with Crippen LogP contribution < -0.4 is 0 Å². The average Bonchev–Trinajstić information content (AvgIpc) is 2.90. The molecule has 24 heavy (non-hydrogen) atoms. The van der Waals surface area contributed by atoms with Crippen molar-refractivity contribution in [1.29, 1.82) is 0 Å². The third-order valence-electron chi connectivity index (χ3n) is 4.23. The Hall–Kier alpha value is -2.02. The summed E-state index contributed by atoms with van der Waals surface area (Å²) in [7, 11) is 0. The average molecular weight is 337 g/mol. The van der Waals surface area contributed by atoms with Crippen molar-refractivity contribution in [1.82, 2.24) is 14.5 Å². The molecule has 2 unspecified atom stereocenters. The number of carbonyl (C=O) groups is 1. The number of halogens is 2. The summed E-state index contributed by atoms with van der Waals surface area (Å²) in [5.74, 6) is -0.0463. The van der Waals surface area contributed by atoms with Crippen LogP contribution in [-0.4, -0.2) is 45.7 Å². The van der Waals surface area contributed by atoms with E-state index in [0.717, 1.165) is 0 Å². The maximum atomic E-state index is 13.3. The van der Waals surface area contributed by atoms with E-state index in [2.05, 4.69) is 4.98 Å². The zero-order chi connectivity index (χ0) is 17.3. The maximum Gasteiger partial charge on any atom is 0.278 e. The summed E-state index contributed by atoms with van der Waals surface area (Å²) >= 11 is 0. The van der Waals surface area contributed by atoms with E-state index in [0.29, 0.717) is 24.1 Å². The largest absolute Gasteiger partial charge is 0.372 e. The molecule has 1 fully saturated rings. The third-order valence-corrected chi connectivity index (χ3v) is 4.23. The first kappa shape index (κ1) is 16.8. The molecule has 5 nitrogen and oxygen atoms in total. The van der Waals surface area contributed by atoms with E-state index in [1.807, 2.05) is 13.8 Å². The summed E-state index contributed by atoms with van der Waals surface area (Å²) in [6.45, 7) is 5.12. The molecular formula is C17H21F2N3O2. The first-order chi connectivity index (χ1) is 11.5. The van der Waals surface area contributed by atoms with Gasteiger partial charge in [0, 0.05) is 37.6 Å². The number of hydrogen-bond acceptors (Lipinski definition) is 3. The van der Waals surface area contributed by atoms with Crippen LogP contribution in [0.5, 0.6) is 0 Å². The molecule has 0 spiro atoms. The van der Waals surface area contributed by atoms with Gasteiger partial charge in [0.1, 0.15) is 5.65 Å². The van der Waals surface area contributed by atoms with Crippen LogP contribution in [-0.2, 0) is 16.1 Å². The first-order valence-electron chi connectivity index (χ1n) is 8.11. The molecule has 1 aliphatic rings. The second kappa shape index (κ2) is 6.84. The molecule has 130 valence electrons. The molecule has 1 aliphatic heterocycles. The molecule has 3 heterocycles. The van der Waals surface area contributed by atoms with Gasteiger partial charge in [-0.05, 0) is 32.0 Å². The molecule has 1 amide bonds. The van der Waals surface area contributed by atoms with Gasteiger partial charge < -0.3 is 14.2 Å². The van der Waals surface area contributed by atoms with Gasteiger partial charge in [0.15, 0.2) is 0 Å². The lowest BCUT2D eigenvalue weighted by atomic mass is 10.2. The maximum absolute atomic E-state index is 13.3. The van der Waals surface area contributed by atoms with Crippen LogP contribution in [0.15, 0.2) is 24.4 Å². The fourth-order valence-corrected chi connectivity index (χ4v) is 3.27. The predicted octanol–water partition coefficient (Wildman–Crippen LogP) is 3.00. The number of aryl methyl sites for hydroxylation is 1. The second-order valence-corrected chi connectivity index (χ2v) is 6.24. The van der Waals surface area contributed by atoms with Gasteiger partial charge in [0.05, 0.1) is 17.9 Å². The molecule has 2 aromatic rings. The Bertz CT molecular complexity index is 722. The summed E-state index contributed by atoms with van der Waals surface area (Å²) in [6.07, 6.45) is -0.884. The Kier molecular flexibility index (Phi) is 4.80. The molecule has 7 heteroatoms. The van der Waals surface area contributed by atoms with Crippen LogP contribution in [0.1, 0.15) is 32.4 Å². The molecular weight excluding hydrogens is 316 g/mol. The van der Waals surface area contributed by atoms with Gasteiger partial charge in [0.25, 0.3) is 6.43 Å². The van der Waals surface area contributed by atoms with Crippen LogP contribution in [0.4, 0.5) is 8.78 Å². The van der Waals surface area contributed by atoms with E-state index < -0.39 is 6.43 Å². The molecule has 3 rings (SSSR count). The van der Waals surface area contributed by atoms with Gasteiger partial charge in [-0.15, -0.1) is 0 Å². The number of hydrogen-bond donors (Lipinski definition) is 0. The number of fused-ring (bicyclic) bond motifs is 1. The van der Waals surface area contributed by atoms with Crippen molar-refractivity contribution in [3.8, 4) is 0 Å². The van der Waals surface area contributed by atoms with Crippen LogP contribution >= 0.6 is 0 Å². The number of carbonyl (C=O) groups excluding carboxylic acids is 1. The number of aromatic nitrogens is 2. The smallest absolute Gasteiger partial charge is 0.278 e. The number of morpholine rings is 1. The van der Waals surface area contributed by atoms with E-state index in [9.17, 15) is 13.6 Å². The molecule has 2 aromatic heterocycles. The van der Waals surface area contributed by atoms with E-state index in [-0.39, 0.29) is 36.8 Å². The van der Waals surface area contributed by atoms with Gasteiger partial charge in [-0.25, -0.2) is 13.8 Å². The molecule has 0 N–H and O–H groups in total. The minimum absolute atomic E-state index is 0.0107. The highest BCUT2D eigenvalue weighted by atomic mass is 19.3. The zero-order valence-electron chi connectivity index (χ0n) is 13.8. The minimum atomic E-state index is -2.60. The lowest BCUT2D eigenvalue weighted by molar-refractivity contribution is -0.143. The summed E-state index contributed by atoms with van der Waals surface area (Å²) in [4.78, 5) is 18.4. The van der Waals surface area contributed by atoms with E-state index in [1.165, 1.54) is 10.6 Å². The summed E-state index contributed by atoms with van der Waals surface area (Å²) in [5.41, 5.74) is 0.393. The Morgan fingerprint density at radius 2 is 2.08 bits per heavy atom. The van der Waals surface area contributed by atoms with Gasteiger partial charge >= 0.3 is 0 Å². The predicted molar refractivity (Wildman–Crippen MR) is 85.9 cm³/mol. The zero-order valence-corrected chi connectivity index (χ0v) is 13.8. The van der Waals surface area contributed by atoms with E-state index >= 15 is 0 Å². The summed E-state index contributed by atoms with van der Waals surface area (Å²) in [5, 5.41) is 0.661. The van der Waals surface area contributed by atoms with Crippen molar-refractivity contribution in [3.05, 3.63) is 30.1 Å². The molecule has 0 aromatic carbocycles. The molecule has 0 bridgehead atoms. The third kappa shape index (κ3) is 3.40. The van der Waals surface area contributed by atoms with E-state index in [4.69, 9.17) is 4.74 Å². The van der Waals surface area contributed by atoms with Gasteiger partial charge in [-0.1, -0.05) is 0 Å². The SMILES string of the molecule is CC1CN(C(=O)CCn2c(C(F)F)cc3cccnc32)CC(C)O1. The number of ether oxygens (including phenoxy) is 1. The van der Waals surface area contributed by atoms with Crippen LogP contribution in [0, 0.1) is 0 Å². The molecule has 0 aliphatic carbocycles. The molecule has 2 atom stereocenters. The van der Waals surface area contributed by atoms with Crippen LogP contribution in [0.25, 0.3) is 11.0 Å². The van der Waals surface area contributed by atoms with Crippen molar-refractivity contribution in [2.75, 3.05) is 13.1 Å². The number of alkyl halides is 2. The second-order valence-electron chi connectivity index (χ2n) is 6.24. The summed E-state index contributed by atoms with van der Waals surface area (Å²) < 4.78 is 33.6. The van der Waals surface area contributed by atoms with Crippen molar-refractivity contribution in [2.45, 2.75) is 45.4 Å². The minimum Gasteiger partial charge on any atom is -0.372 e. The van der Waals surface area contributed by atoms with Gasteiger partial charge in [-0.2, -0.15) is 0 Å². The van der Waals surface area contributed by atoms with Crippen LogP contribution in [0.2, 0.25) is 0 Å². The van der Waals surface area contributed by atoms with Crippen LogP contribution in [0.3, 0.4) is 0 Å². The highest BCUT2D eigenvalue weighted by molar-refractivity contribution is 5.79. The lowest BCUT2D eigenvalue weighted by Crippen LogP contribution is -2.48. The van der Waals surface area contributed by atoms with Crippen molar-refractivity contribution < 1.29 is 18.3 Å². The van der Waals surface area contributed by atoms with E-state index in [1.54, 1.807) is 23.2 Å². The Labute approximate surface area is 139 Å². The molecule has 0 radical (unpaired) electrons. The number of nitrogens with zero attached hydrogens (tertiary/aromatic N) is 3. The Balaban J connectivity index is 1.75. The Morgan fingerprint density at radius 3 is 2.75 bits per heavy atom. The normalized spacial score (nSPS) is 21.6. The molecule has 1 saturated heterocycles. The Morgan fingerprint density at radius 1 is 1.38 bits per heavy atom. The fourth-order valence-electron chi connectivity index (χ4n) is 3.27. The highest BCUT2D eigenvalue weighted by Crippen LogP contribution is 2.26. The van der Waals surface area contributed by atoms with Crippen molar-refractivity contribution in [3.63, 3.8) is 0 Å².